The maximum atomic E-state index is 12.9. The molecule has 1 unspecified atom stereocenters. The van der Waals surface area contributed by atoms with E-state index in [1.807, 2.05) is 30.3 Å². The number of nitrogens with one attached hydrogen (secondary N) is 1. The average Bonchev–Trinajstić information content (AvgIpc) is 3.05. The van der Waals surface area contributed by atoms with Gasteiger partial charge in [-0.3, -0.25) is 9.69 Å². The summed E-state index contributed by atoms with van der Waals surface area (Å²) in [5.41, 5.74) is 1.58. The number of hydrogen-bond donors (Lipinski definition) is 1. The number of halogens is 2. The number of likely N-dealkylation sites (tertiary alicyclic amines) is 1. The normalized spacial score (nSPS) is 16.3. The maximum absolute atomic E-state index is 12.9. The van der Waals surface area contributed by atoms with Crippen molar-refractivity contribution in [1.82, 2.24) is 4.90 Å². The van der Waals surface area contributed by atoms with Gasteiger partial charge in [-0.25, -0.2) is 0 Å². The number of anilines is 1. The lowest BCUT2D eigenvalue weighted by molar-refractivity contribution is -0.121. The summed E-state index contributed by atoms with van der Waals surface area (Å²) in [5.74, 6) is -0.0673. The molecule has 1 aliphatic heterocycles. The lowest BCUT2D eigenvalue weighted by atomic mass is 10.0. The molecule has 1 atom stereocenters. The SMILES string of the molecule is O=C(Nc1ccc(Cl)cc1Cl)C(c1ccccc1)N1CCCC1. The van der Waals surface area contributed by atoms with Crippen LogP contribution in [0.3, 0.4) is 0 Å². The Labute approximate surface area is 146 Å². The van der Waals surface area contributed by atoms with E-state index in [4.69, 9.17) is 23.2 Å². The highest BCUT2D eigenvalue weighted by molar-refractivity contribution is 6.36. The highest BCUT2D eigenvalue weighted by Gasteiger charge is 2.29. The van der Waals surface area contributed by atoms with Gasteiger partial charge < -0.3 is 5.32 Å². The minimum Gasteiger partial charge on any atom is -0.323 e. The lowest BCUT2D eigenvalue weighted by Gasteiger charge is -2.27. The van der Waals surface area contributed by atoms with Crippen LogP contribution in [-0.2, 0) is 4.79 Å². The van der Waals surface area contributed by atoms with Crippen molar-refractivity contribution in [2.24, 2.45) is 0 Å². The first-order chi connectivity index (χ1) is 11.1. The first-order valence-corrected chi connectivity index (χ1v) is 8.45. The zero-order valence-corrected chi connectivity index (χ0v) is 14.1. The third kappa shape index (κ3) is 3.86. The van der Waals surface area contributed by atoms with E-state index < -0.39 is 0 Å². The number of rotatable bonds is 4. The summed E-state index contributed by atoms with van der Waals surface area (Å²) in [6.45, 7) is 1.86. The Balaban J connectivity index is 1.85. The van der Waals surface area contributed by atoms with E-state index in [1.165, 1.54) is 0 Å². The van der Waals surface area contributed by atoms with Crippen LogP contribution in [0.5, 0.6) is 0 Å². The number of carbonyl (C=O) groups excluding carboxylic acids is 1. The Bertz CT molecular complexity index is 685. The van der Waals surface area contributed by atoms with E-state index in [0.717, 1.165) is 31.5 Å². The van der Waals surface area contributed by atoms with Crippen LogP contribution in [0.4, 0.5) is 5.69 Å². The number of hydrogen-bond acceptors (Lipinski definition) is 2. The van der Waals surface area contributed by atoms with Gasteiger partial charge >= 0.3 is 0 Å². The van der Waals surface area contributed by atoms with Gasteiger partial charge in [-0.1, -0.05) is 53.5 Å². The number of carbonyl (C=O) groups is 1. The Kier molecular flexibility index (Phi) is 5.21. The molecule has 0 aromatic heterocycles. The summed E-state index contributed by atoms with van der Waals surface area (Å²) in [6.07, 6.45) is 2.25. The first kappa shape index (κ1) is 16.3. The molecule has 120 valence electrons. The zero-order valence-electron chi connectivity index (χ0n) is 12.6. The van der Waals surface area contributed by atoms with E-state index in [0.29, 0.717) is 15.7 Å². The van der Waals surface area contributed by atoms with Gasteiger partial charge in [-0.2, -0.15) is 0 Å². The molecule has 1 N–H and O–H groups in total. The van der Waals surface area contributed by atoms with Crippen LogP contribution in [0.1, 0.15) is 24.4 Å². The number of amides is 1. The summed E-state index contributed by atoms with van der Waals surface area (Å²) in [6, 6.07) is 14.6. The van der Waals surface area contributed by atoms with Crippen molar-refractivity contribution in [3.63, 3.8) is 0 Å². The van der Waals surface area contributed by atoms with Crippen LogP contribution in [0, 0.1) is 0 Å². The molecule has 0 spiro atoms. The molecule has 2 aromatic rings. The summed E-state index contributed by atoms with van der Waals surface area (Å²) in [7, 11) is 0. The van der Waals surface area contributed by atoms with Crippen LogP contribution < -0.4 is 5.32 Å². The molecule has 0 aliphatic carbocycles. The quantitative estimate of drug-likeness (QED) is 0.862. The van der Waals surface area contributed by atoms with Crippen LogP contribution in [0.15, 0.2) is 48.5 Å². The molecule has 3 rings (SSSR count). The van der Waals surface area contributed by atoms with Crippen LogP contribution in [0.2, 0.25) is 10.0 Å². The molecule has 1 saturated heterocycles. The Morgan fingerprint density at radius 2 is 1.74 bits per heavy atom. The van der Waals surface area contributed by atoms with Crippen LogP contribution in [0.25, 0.3) is 0 Å². The lowest BCUT2D eigenvalue weighted by Crippen LogP contribution is -2.35. The molecule has 2 aromatic carbocycles. The summed E-state index contributed by atoms with van der Waals surface area (Å²) >= 11 is 12.1. The van der Waals surface area contributed by atoms with Gasteiger partial charge in [0.1, 0.15) is 6.04 Å². The smallest absolute Gasteiger partial charge is 0.246 e. The zero-order chi connectivity index (χ0) is 16.2. The third-order valence-electron chi connectivity index (χ3n) is 4.06. The van der Waals surface area contributed by atoms with Gasteiger partial charge in [-0.05, 0) is 49.7 Å². The van der Waals surface area contributed by atoms with Crippen molar-refractivity contribution < 1.29 is 4.79 Å². The summed E-state index contributed by atoms with van der Waals surface area (Å²) < 4.78 is 0. The predicted molar refractivity (Wildman–Crippen MR) is 95.1 cm³/mol. The Morgan fingerprint density at radius 1 is 1.04 bits per heavy atom. The molecule has 0 radical (unpaired) electrons. The minimum atomic E-state index is -0.301. The topological polar surface area (TPSA) is 32.3 Å². The van der Waals surface area contributed by atoms with E-state index in [2.05, 4.69) is 10.2 Å². The molecule has 5 heteroatoms. The van der Waals surface area contributed by atoms with E-state index in [-0.39, 0.29) is 11.9 Å². The summed E-state index contributed by atoms with van der Waals surface area (Å²) in [5, 5.41) is 3.93. The maximum Gasteiger partial charge on any atom is 0.246 e. The van der Waals surface area contributed by atoms with Crippen molar-refractivity contribution in [2.45, 2.75) is 18.9 Å². The second-order valence-electron chi connectivity index (χ2n) is 5.67. The number of benzene rings is 2. The fourth-order valence-electron chi connectivity index (χ4n) is 2.96. The van der Waals surface area contributed by atoms with Gasteiger partial charge in [0, 0.05) is 5.02 Å². The second-order valence-corrected chi connectivity index (χ2v) is 6.51. The van der Waals surface area contributed by atoms with E-state index in [9.17, 15) is 4.79 Å². The molecule has 1 heterocycles. The first-order valence-electron chi connectivity index (χ1n) is 7.70. The molecule has 0 saturated carbocycles. The third-order valence-corrected chi connectivity index (χ3v) is 4.61. The monoisotopic (exact) mass is 348 g/mol. The van der Waals surface area contributed by atoms with E-state index >= 15 is 0 Å². The fourth-order valence-corrected chi connectivity index (χ4v) is 3.41. The number of nitrogens with zero attached hydrogens (tertiary/aromatic N) is 1. The Hall–Kier alpha value is -1.55. The van der Waals surface area contributed by atoms with Gasteiger partial charge in [0.2, 0.25) is 5.91 Å². The molecule has 1 fully saturated rings. The van der Waals surface area contributed by atoms with Gasteiger partial charge in [0.15, 0.2) is 0 Å². The highest BCUT2D eigenvalue weighted by atomic mass is 35.5. The molecular formula is C18H18Cl2N2O. The molecule has 3 nitrogen and oxygen atoms in total. The molecule has 0 bridgehead atoms. The van der Waals surface area contributed by atoms with Crippen LogP contribution >= 0.6 is 23.2 Å². The Morgan fingerprint density at radius 3 is 2.39 bits per heavy atom. The van der Waals surface area contributed by atoms with Crippen molar-refractivity contribution in [2.75, 3.05) is 18.4 Å². The van der Waals surface area contributed by atoms with Gasteiger partial charge in [0.25, 0.3) is 0 Å². The van der Waals surface area contributed by atoms with Crippen molar-refractivity contribution >= 4 is 34.8 Å². The predicted octanol–water partition coefficient (Wildman–Crippen LogP) is 4.77. The fraction of sp³-hybridized carbons (Fsp3) is 0.278. The second kappa shape index (κ2) is 7.35. The standard InChI is InChI=1S/C18H18Cl2N2O/c19-14-8-9-16(15(20)12-14)21-18(23)17(22-10-4-5-11-22)13-6-2-1-3-7-13/h1-3,6-9,12,17H,4-5,10-11H2,(H,21,23). The van der Waals surface area contributed by atoms with Crippen molar-refractivity contribution in [1.29, 1.82) is 0 Å². The average molecular weight is 349 g/mol. The summed E-state index contributed by atoms with van der Waals surface area (Å²) in [4.78, 5) is 15.1. The highest BCUT2D eigenvalue weighted by Crippen LogP contribution is 2.29. The van der Waals surface area contributed by atoms with Gasteiger partial charge in [-0.15, -0.1) is 0 Å². The molecule has 1 aliphatic rings. The minimum absolute atomic E-state index is 0.0673. The molecule has 1 amide bonds. The van der Waals surface area contributed by atoms with Crippen molar-refractivity contribution in [3.05, 3.63) is 64.1 Å². The van der Waals surface area contributed by atoms with Crippen molar-refractivity contribution in [3.8, 4) is 0 Å². The van der Waals surface area contributed by atoms with Crippen LogP contribution in [-0.4, -0.2) is 23.9 Å². The largest absolute Gasteiger partial charge is 0.323 e. The molecular weight excluding hydrogens is 331 g/mol. The van der Waals surface area contributed by atoms with E-state index in [1.54, 1.807) is 18.2 Å². The molecule has 23 heavy (non-hydrogen) atoms. The van der Waals surface area contributed by atoms with Gasteiger partial charge in [0.05, 0.1) is 10.7 Å².